The third kappa shape index (κ3) is 5.39. The molecule has 0 aliphatic heterocycles. The molecule has 4 rings (SSSR count). The molecule has 1 atom stereocenters. The number of hydrogen-bond donors (Lipinski definition) is 2. The summed E-state index contributed by atoms with van der Waals surface area (Å²) in [5, 5.41) is 13.4. The topological polar surface area (TPSA) is 101 Å². The molecule has 0 amide bonds. The predicted molar refractivity (Wildman–Crippen MR) is 129 cm³/mol. The van der Waals surface area contributed by atoms with Crippen LogP contribution in [-0.4, -0.2) is 32.1 Å². The number of rotatable bonds is 9. The van der Waals surface area contributed by atoms with E-state index < -0.39 is 12.0 Å². The largest absolute Gasteiger partial charge is 0.480 e. The first-order valence-corrected chi connectivity index (χ1v) is 11.3. The van der Waals surface area contributed by atoms with Crippen LogP contribution in [0, 0.1) is 11.7 Å². The van der Waals surface area contributed by atoms with Gasteiger partial charge in [0.2, 0.25) is 0 Å². The van der Waals surface area contributed by atoms with Gasteiger partial charge in [-0.15, -0.1) is 0 Å². The van der Waals surface area contributed by atoms with Crippen molar-refractivity contribution in [2.45, 2.75) is 46.1 Å². The molecule has 0 saturated heterocycles. The lowest BCUT2D eigenvalue weighted by Crippen LogP contribution is -2.31. The van der Waals surface area contributed by atoms with Crippen molar-refractivity contribution < 1.29 is 18.7 Å². The molecule has 176 valence electrons. The number of pyridine rings is 1. The third-order valence-electron chi connectivity index (χ3n) is 5.37. The molecule has 0 spiro atoms. The Bertz CT molecular complexity index is 1320. The maximum atomic E-state index is 13.6. The Kier molecular flexibility index (Phi) is 6.86. The lowest BCUT2D eigenvalue weighted by atomic mass is 10.0. The quantitative estimate of drug-likeness (QED) is 0.317. The first-order valence-electron chi connectivity index (χ1n) is 11.3. The number of anilines is 1. The Morgan fingerprint density at radius 3 is 2.65 bits per heavy atom. The molecule has 1 aromatic carbocycles. The van der Waals surface area contributed by atoms with Gasteiger partial charge < -0.3 is 14.8 Å². The lowest BCUT2D eigenvalue weighted by Gasteiger charge is -2.18. The van der Waals surface area contributed by atoms with Gasteiger partial charge in [0.15, 0.2) is 5.82 Å². The Morgan fingerprint density at radius 1 is 1.12 bits per heavy atom. The number of aryl methyl sites for hydroxylation is 1. The van der Waals surface area contributed by atoms with E-state index in [2.05, 4.69) is 27.2 Å². The van der Waals surface area contributed by atoms with E-state index in [4.69, 9.17) is 4.42 Å². The van der Waals surface area contributed by atoms with Gasteiger partial charge in [-0.1, -0.05) is 27.2 Å². The van der Waals surface area contributed by atoms with Gasteiger partial charge in [0.1, 0.15) is 29.0 Å². The van der Waals surface area contributed by atoms with Crippen LogP contribution in [0.1, 0.15) is 39.3 Å². The molecule has 4 aromatic rings. The van der Waals surface area contributed by atoms with Crippen LogP contribution in [0.2, 0.25) is 0 Å². The number of carbonyl (C=O) groups is 1. The molecular formula is C26H27FN4O3. The van der Waals surface area contributed by atoms with E-state index in [-0.39, 0.29) is 11.7 Å². The van der Waals surface area contributed by atoms with Gasteiger partial charge >= 0.3 is 5.97 Å². The smallest absolute Gasteiger partial charge is 0.326 e. The Balaban J connectivity index is 1.70. The molecule has 8 heteroatoms. The van der Waals surface area contributed by atoms with E-state index in [0.717, 1.165) is 18.5 Å². The van der Waals surface area contributed by atoms with Crippen molar-refractivity contribution in [3.8, 4) is 22.7 Å². The Morgan fingerprint density at radius 2 is 1.91 bits per heavy atom. The second-order valence-corrected chi connectivity index (χ2v) is 8.74. The number of fused-ring (bicyclic) bond motifs is 1. The van der Waals surface area contributed by atoms with Crippen LogP contribution in [0.15, 0.2) is 53.2 Å². The van der Waals surface area contributed by atoms with Gasteiger partial charge in [-0.2, -0.15) is 0 Å². The highest BCUT2D eigenvalue weighted by molar-refractivity contribution is 5.83. The molecule has 1 unspecified atom stereocenters. The summed E-state index contributed by atoms with van der Waals surface area (Å²) in [5.41, 5.74) is 2.77. The van der Waals surface area contributed by atoms with Crippen molar-refractivity contribution in [2.75, 3.05) is 5.32 Å². The van der Waals surface area contributed by atoms with E-state index >= 15 is 0 Å². The average molecular weight is 463 g/mol. The molecule has 0 bridgehead atoms. The summed E-state index contributed by atoms with van der Waals surface area (Å²) in [6.45, 7) is 6.02. The summed E-state index contributed by atoms with van der Waals surface area (Å²) in [6.07, 6.45) is 5.41. The molecule has 3 aromatic heterocycles. The number of carboxylic acid groups (broad SMARTS) is 1. The maximum Gasteiger partial charge on any atom is 0.326 e. The summed E-state index contributed by atoms with van der Waals surface area (Å²) >= 11 is 0. The number of aromatic nitrogens is 3. The van der Waals surface area contributed by atoms with Crippen molar-refractivity contribution in [3.05, 3.63) is 60.3 Å². The summed E-state index contributed by atoms with van der Waals surface area (Å²) in [7, 11) is 0. The van der Waals surface area contributed by atoms with E-state index in [1.165, 1.54) is 12.1 Å². The normalized spacial score (nSPS) is 12.3. The van der Waals surface area contributed by atoms with E-state index in [1.54, 1.807) is 30.6 Å². The average Bonchev–Trinajstić information content (AvgIpc) is 3.22. The van der Waals surface area contributed by atoms with Crippen molar-refractivity contribution in [1.82, 2.24) is 15.0 Å². The number of furan rings is 1. The Hall–Kier alpha value is -3.81. The zero-order valence-electron chi connectivity index (χ0n) is 19.4. The number of benzene rings is 1. The number of carboxylic acids is 1. The minimum atomic E-state index is -0.920. The zero-order valence-corrected chi connectivity index (χ0v) is 19.4. The van der Waals surface area contributed by atoms with E-state index in [1.807, 2.05) is 19.9 Å². The van der Waals surface area contributed by atoms with Crippen molar-refractivity contribution >= 4 is 22.8 Å². The zero-order chi connectivity index (χ0) is 24.2. The van der Waals surface area contributed by atoms with Gasteiger partial charge in [0.25, 0.3) is 0 Å². The number of nitrogens with zero attached hydrogens (tertiary/aromatic N) is 3. The number of nitrogens with one attached hydrogen (secondary N) is 1. The first-order chi connectivity index (χ1) is 16.3. The van der Waals surface area contributed by atoms with Gasteiger partial charge in [0.05, 0.1) is 0 Å². The fourth-order valence-electron chi connectivity index (χ4n) is 3.81. The number of hydrogen-bond acceptors (Lipinski definition) is 6. The summed E-state index contributed by atoms with van der Waals surface area (Å²) in [6, 6.07) is 9.05. The highest BCUT2D eigenvalue weighted by atomic mass is 19.1. The van der Waals surface area contributed by atoms with E-state index in [0.29, 0.717) is 45.9 Å². The van der Waals surface area contributed by atoms with Crippen molar-refractivity contribution in [1.29, 1.82) is 0 Å². The predicted octanol–water partition coefficient (Wildman–Crippen LogP) is 5.95. The van der Waals surface area contributed by atoms with Gasteiger partial charge in [-0.3, -0.25) is 4.98 Å². The van der Waals surface area contributed by atoms with Crippen LogP contribution in [-0.2, 0) is 11.2 Å². The van der Waals surface area contributed by atoms with Crippen LogP contribution in [0.3, 0.4) is 0 Å². The maximum absolute atomic E-state index is 13.6. The molecular weight excluding hydrogens is 435 g/mol. The summed E-state index contributed by atoms with van der Waals surface area (Å²) in [4.78, 5) is 25.4. The van der Waals surface area contributed by atoms with Gasteiger partial charge in [-0.25, -0.2) is 19.2 Å². The molecule has 34 heavy (non-hydrogen) atoms. The molecule has 2 N–H and O–H groups in total. The highest BCUT2D eigenvalue weighted by Gasteiger charge is 2.20. The van der Waals surface area contributed by atoms with Gasteiger partial charge in [-0.05, 0) is 49.1 Å². The van der Waals surface area contributed by atoms with Crippen LogP contribution in [0.25, 0.3) is 33.7 Å². The second kappa shape index (κ2) is 9.99. The molecule has 0 aliphatic rings. The molecule has 0 saturated carbocycles. The summed E-state index contributed by atoms with van der Waals surface area (Å²) in [5.74, 6) is 0.426. The number of aliphatic carboxylic acids is 1. The molecule has 7 nitrogen and oxygen atoms in total. The monoisotopic (exact) mass is 462 g/mol. The van der Waals surface area contributed by atoms with Crippen LogP contribution >= 0.6 is 0 Å². The van der Waals surface area contributed by atoms with Crippen LogP contribution in [0.5, 0.6) is 0 Å². The van der Waals surface area contributed by atoms with Crippen molar-refractivity contribution in [2.24, 2.45) is 5.92 Å². The van der Waals surface area contributed by atoms with Crippen molar-refractivity contribution in [3.63, 3.8) is 0 Å². The second-order valence-electron chi connectivity index (χ2n) is 8.74. The highest BCUT2D eigenvalue weighted by Crippen LogP contribution is 2.30. The molecule has 0 fully saturated rings. The minimum Gasteiger partial charge on any atom is -0.480 e. The third-order valence-corrected chi connectivity index (χ3v) is 5.37. The fourth-order valence-corrected chi connectivity index (χ4v) is 3.81. The first kappa shape index (κ1) is 23.4. The Labute approximate surface area is 197 Å². The molecule has 3 heterocycles. The SMILES string of the molecule is CCCc1cc(NC(CC(C)C)C(=O)O)nc(-c2cncc(-c3cc4cc(F)ccc4o3)c2)n1. The summed E-state index contributed by atoms with van der Waals surface area (Å²) < 4.78 is 19.4. The van der Waals surface area contributed by atoms with E-state index in [9.17, 15) is 14.3 Å². The van der Waals surface area contributed by atoms with Crippen LogP contribution < -0.4 is 5.32 Å². The number of halogens is 1. The minimum absolute atomic E-state index is 0.211. The molecule has 0 aliphatic carbocycles. The fraction of sp³-hybridized carbons (Fsp3) is 0.308. The molecule has 0 radical (unpaired) electrons. The lowest BCUT2D eigenvalue weighted by molar-refractivity contribution is -0.138. The standard InChI is InChI=1S/C26H27FN4O3/c1-4-5-20-12-24(30-21(26(32)33)8-15(2)3)31-25(29-20)18-9-17(13-28-14-18)23-11-16-10-19(27)6-7-22(16)34-23/h6-7,9-15,21H,4-5,8H2,1-3H3,(H,32,33)(H,29,30,31). The van der Waals surface area contributed by atoms with Gasteiger partial charge in [0, 0.05) is 40.7 Å². The van der Waals surface area contributed by atoms with Crippen LogP contribution in [0.4, 0.5) is 10.2 Å².